The smallest absolute Gasteiger partial charge is 0.306 e. The summed E-state index contributed by atoms with van der Waals surface area (Å²) in [4.78, 5) is 12.4. The van der Waals surface area contributed by atoms with Gasteiger partial charge in [-0.3, -0.25) is 4.79 Å². The predicted molar refractivity (Wildman–Crippen MR) is 142 cm³/mol. The van der Waals surface area contributed by atoms with Gasteiger partial charge in [-0.1, -0.05) is 143 Å². The molecule has 0 aliphatic heterocycles. The zero-order valence-corrected chi connectivity index (χ0v) is 22.6. The number of unbranched alkanes of at least 4 members (excludes halogenated alkanes) is 19. The molecule has 0 aromatic rings. The average molecular weight is 453 g/mol. The number of carbonyl (C=O) groups is 1. The second kappa shape index (κ2) is 26.7. The van der Waals surface area contributed by atoms with Gasteiger partial charge in [0, 0.05) is 6.42 Å². The summed E-state index contributed by atoms with van der Waals surface area (Å²) in [6.45, 7) is 6.81. The van der Waals surface area contributed by atoms with Gasteiger partial charge < -0.3 is 4.74 Å². The molecule has 2 nitrogen and oxygen atoms in total. The molecule has 1 unspecified atom stereocenters. The highest BCUT2D eigenvalue weighted by Crippen LogP contribution is 2.18. The summed E-state index contributed by atoms with van der Waals surface area (Å²) in [5, 5.41) is 0. The van der Waals surface area contributed by atoms with E-state index in [2.05, 4.69) is 20.8 Å². The summed E-state index contributed by atoms with van der Waals surface area (Å²) in [6, 6.07) is 0. The molecular formula is C30H60O2. The predicted octanol–water partition coefficient (Wildman–Crippen LogP) is 10.7. The summed E-state index contributed by atoms with van der Waals surface area (Å²) in [7, 11) is 0. The van der Waals surface area contributed by atoms with Crippen LogP contribution < -0.4 is 0 Å². The van der Waals surface area contributed by atoms with Gasteiger partial charge in [0.05, 0.1) is 0 Å². The number of carbonyl (C=O) groups excluding carboxylic acids is 1. The van der Waals surface area contributed by atoms with Crippen LogP contribution in [0.3, 0.4) is 0 Å². The first kappa shape index (κ1) is 31.5. The van der Waals surface area contributed by atoms with Crippen LogP contribution in [0.2, 0.25) is 0 Å². The SMILES string of the molecule is CCCCCCCCCCCCCC(=O)OC(CCCCCCC)CCCCCCCC. The zero-order valence-electron chi connectivity index (χ0n) is 22.6. The number of hydrogen-bond acceptors (Lipinski definition) is 2. The van der Waals surface area contributed by atoms with E-state index in [1.165, 1.54) is 135 Å². The topological polar surface area (TPSA) is 26.3 Å². The van der Waals surface area contributed by atoms with Gasteiger partial charge in [-0.05, 0) is 32.1 Å². The van der Waals surface area contributed by atoms with Gasteiger partial charge >= 0.3 is 5.97 Å². The van der Waals surface area contributed by atoms with Crippen LogP contribution in [0.15, 0.2) is 0 Å². The van der Waals surface area contributed by atoms with E-state index in [0.29, 0.717) is 6.42 Å². The van der Waals surface area contributed by atoms with Crippen molar-refractivity contribution in [2.24, 2.45) is 0 Å². The summed E-state index contributed by atoms with van der Waals surface area (Å²) in [5.41, 5.74) is 0. The van der Waals surface area contributed by atoms with Crippen LogP contribution in [0.1, 0.15) is 181 Å². The van der Waals surface area contributed by atoms with Crippen molar-refractivity contribution in [1.29, 1.82) is 0 Å². The lowest BCUT2D eigenvalue weighted by atomic mass is 10.0. The Morgan fingerprint density at radius 2 is 0.781 bits per heavy atom. The number of ether oxygens (including phenoxy) is 1. The summed E-state index contributed by atoms with van der Waals surface area (Å²) >= 11 is 0. The van der Waals surface area contributed by atoms with E-state index in [1.807, 2.05) is 0 Å². The minimum absolute atomic E-state index is 0.0606. The lowest BCUT2D eigenvalue weighted by molar-refractivity contribution is -0.150. The molecule has 0 N–H and O–H groups in total. The Balaban J connectivity index is 3.85. The Hall–Kier alpha value is -0.530. The van der Waals surface area contributed by atoms with Crippen LogP contribution in [0, 0.1) is 0 Å². The van der Waals surface area contributed by atoms with Gasteiger partial charge in [0.25, 0.3) is 0 Å². The summed E-state index contributed by atoms with van der Waals surface area (Å²) in [5.74, 6) is 0.0606. The van der Waals surface area contributed by atoms with E-state index < -0.39 is 0 Å². The maximum absolute atomic E-state index is 12.4. The van der Waals surface area contributed by atoms with Crippen LogP contribution in [0.4, 0.5) is 0 Å². The third-order valence-electron chi connectivity index (χ3n) is 6.79. The van der Waals surface area contributed by atoms with E-state index in [9.17, 15) is 4.79 Å². The molecule has 0 heterocycles. The van der Waals surface area contributed by atoms with E-state index in [0.717, 1.165) is 19.3 Å². The molecule has 32 heavy (non-hydrogen) atoms. The van der Waals surface area contributed by atoms with Crippen molar-refractivity contribution in [2.45, 2.75) is 187 Å². The molecule has 0 saturated heterocycles. The third kappa shape index (κ3) is 24.1. The monoisotopic (exact) mass is 452 g/mol. The highest BCUT2D eigenvalue weighted by molar-refractivity contribution is 5.69. The summed E-state index contributed by atoms with van der Waals surface area (Å²) < 4.78 is 5.94. The molecule has 0 fully saturated rings. The largest absolute Gasteiger partial charge is 0.462 e. The van der Waals surface area contributed by atoms with Gasteiger partial charge in [-0.25, -0.2) is 0 Å². The molecule has 2 heteroatoms. The Labute approximate surface area is 203 Å². The van der Waals surface area contributed by atoms with Crippen molar-refractivity contribution in [3.8, 4) is 0 Å². The molecule has 0 aromatic heterocycles. The molecule has 0 aliphatic carbocycles. The first-order valence-electron chi connectivity index (χ1n) is 14.9. The van der Waals surface area contributed by atoms with Crippen molar-refractivity contribution in [3.05, 3.63) is 0 Å². The van der Waals surface area contributed by atoms with Crippen LogP contribution in [-0.2, 0) is 9.53 Å². The summed E-state index contributed by atoms with van der Waals surface area (Å²) in [6.07, 6.45) is 31.8. The van der Waals surface area contributed by atoms with Crippen LogP contribution >= 0.6 is 0 Å². The molecule has 0 rings (SSSR count). The van der Waals surface area contributed by atoms with E-state index >= 15 is 0 Å². The Kier molecular flexibility index (Phi) is 26.3. The zero-order chi connectivity index (χ0) is 23.5. The molecule has 192 valence electrons. The van der Waals surface area contributed by atoms with Crippen LogP contribution in [-0.4, -0.2) is 12.1 Å². The Bertz CT molecular complexity index is 366. The molecule has 0 spiro atoms. The lowest BCUT2D eigenvalue weighted by Crippen LogP contribution is -2.18. The number of rotatable bonds is 26. The quantitative estimate of drug-likeness (QED) is 0.0963. The minimum atomic E-state index is 0.0606. The average Bonchev–Trinajstić information content (AvgIpc) is 2.79. The van der Waals surface area contributed by atoms with Crippen molar-refractivity contribution in [2.75, 3.05) is 0 Å². The number of hydrogen-bond donors (Lipinski definition) is 0. The van der Waals surface area contributed by atoms with Crippen molar-refractivity contribution in [3.63, 3.8) is 0 Å². The van der Waals surface area contributed by atoms with Crippen LogP contribution in [0.25, 0.3) is 0 Å². The molecular weight excluding hydrogens is 392 g/mol. The maximum atomic E-state index is 12.4. The lowest BCUT2D eigenvalue weighted by Gasteiger charge is -2.18. The Morgan fingerprint density at radius 3 is 1.16 bits per heavy atom. The van der Waals surface area contributed by atoms with Crippen molar-refractivity contribution < 1.29 is 9.53 Å². The van der Waals surface area contributed by atoms with Gasteiger partial charge in [-0.15, -0.1) is 0 Å². The normalized spacial score (nSPS) is 12.2. The molecule has 0 radical (unpaired) electrons. The highest BCUT2D eigenvalue weighted by atomic mass is 16.5. The first-order valence-corrected chi connectivity index (χ1v) is 14.9. The van der Waals surface area contributed by atoms with E-state index in [1.54, 1.807) is 0 Å². The molecule has 1 atom stereocenters. The molecule has 0 aromatic carbocycles. The Morgan fingerprint density at radius 1 is 0.469 bits per heavy atom. The first-order chi connectivity index (χ1) is 15.7. The molecule has 0 bridgehead atoms. The van der Waals surface area contributed by atoms with Gasteiger partial charge in [0.1, 0.15) is 6.10 Å². The minimum Gasteiger partial charge on any atom is -0.462 e. The fraction of sp³-hybridized carbons (Fsp3) is 0.967. The standard InChI is InChI=1S/C30H60O2/c1-4-7-10-13-15-16-17-18-19-22-25-28-30(31)32-29(26-23-20-12-9-6-3)27-24-21-14-11-8-5-2/h29H,4-28H2,1-3H3. The van der Waals surface area contributed by atoms with Crippen molar-refractivity contribution in [1.82, 2.24) is 0 Å². The highest BCUT2D eigenvalue weighted by Gasteiger charge is 2.14. The van der Waals surface area contributed by atoms with Crippen molar-refractivity contribution >= 4 is 5.97 Å². The molecule has 0 amide bonds. The fourth-order valence-corrected chi connectivity index (χ4v) is 4.57. The van der Waals surface area contributed by atoms with E-state index in [-0.39, 0.29) is 12.1 Å². The fourth-order valence-electron chi connectivity index (χ4n) is 4.57. The van der Waals surface area contributed by atoms with E-state index in [4.69, 9.17) is 4.74 Å². The number of esters is 1. The van der Waals surface area contributed by atoms with Crippen LogP contribution in [0.5, 0.6) is 0 Å². The van der Waals surface area contributed by atoms with Gasteiger partial charge in [0.2, 0.25) is 0 Å². The van der Waals surface area contributed by atoms with Gasteiger partial charge in [-0.2, -0.15) is 0 Å². The second-order valence-corrected chi connectivity index (χ2v) is 10.2. The van der Waals surface area contributed by atoms with Gasteiger partial charge in [0.15, 0.2) is 0 Å². The second-order valence-electron chi connectivity index (χ2n) is 10.2. The molecule has 0 saturated carbocycles. The third-order valence-corrected chi connectivity index (χ3v) is 6.79. The molecule has 0 aliphatic rings. The maximum Gasteiger partial charge on any atom is 0.306 e.